The summed E-state index contributed by atoms with van der Waals surface area (Å²) in [6, 6.07) is 3.38. The third kappa shape index (κ3) is 3.81. The van der Waals surface area contributed by atoms with Gasteiger partial charge in [-0.05, 0) is 24.5 Å². The second-order valence-corrected chi connectivity index (χ2v) is 9.44. The zero-order valence-electron chi connectivity index (χ0n) is 15.6. The van der Waals surface area contributed by atoms with Crippen molar-refractivity contribution in [2.24, 2.45) is 11.8 Å². The lowest BCUT2D eigenvalue weighted by atomic mass is 10.2. The molecule has 8 nitrogen and oxygen atoms in total. The highest BCUT2D eigenvalue weighted by Crippen LogP contribution is 2.39. The minimum Gasteiger partial charge on any atom is -0.379 e. The van der Waals surface area contributed by atoms with Gasteiger partial charge in [-0.3, -0.25) is 4.79 Å². The molecule has 0 aromatic carbocycles. The first kappa shape index (κ1) is 18.6. The molecule has 3 heterocycles. The van der Waals surface area contributed by atoms with E-state index in [-0.39, 0.29) is 16.7 Å². The maximum Gasteiger partial charge on any atom is 0.244 e. The molecule has 0 unspecified atom stereocenters. The summed E-state index contributed by atoms with van der Waals surface area (Å²) < 4.78 is 32.0. The van der Waals surface area contributed by atoms with Crippen molar-refractivity contribution in [3.63, 3.8) is 0 Å². The van der Waals surface area contributed by atoms with Crippen molar-refractivity contribution < 1.29 is 17.9 Å². The standard InChI is InChI=1S/C18H26N4O4S/c1-14-12-16(14)18(23)21-6-4-20(5-7-21)17-3-2-15(13-19-17)27(24,25)22-8-10-26-11-9-22/h2-3,13-14,16H,4-12H2,1H3/t14-,16+/m0/s1. The smallest absolute Gasteiger partial charge is 0.244 e. The van der Waals surface area contributed by atoms with Crippen molar-refractivity contribution in [3.8, 4) is 0 Å². The van der Waals surface area contributed by atoms with Crippen LogP contribution in [0.25, 0.3) is 0 Å². The fourth-order valence-corrected chi connectivity index (χ4v) is 5.06. The van der Waals surface area contributed by atoms with Crippen molar-refractivity contribution >= 4 is 21.7 Å². The van der Waals surface area contributed by atoms with E-state index in [0.29, 0.717) is 45.3 Å². The van der Waals surface area contributed by atoms with Crippen LogP contribution in [0.2, 0.25) is 0 Å². The Kier molecular flexibility index (Phi) is 5.09. The van der Waals surface area contributed by atoms with Gasteiger partial charge in [0.2, 0.25) is 15.9 Å². The third-order valence-electron chi connectivity index (χ3n) is 5.67. The highest BCUT2D eigenvalue weighted by Gasteiger charge is 2.42. The predicted molar refractivity (Wildman–Crippen MR) is 99.9 cm³/mol. The molecule has 0 bridgehead atoms. The van der Waals surface area contributed by atoms with Crippen molar-refractivity contribution in [1.82, 2.24) is 14.2 Å². The number of morpholine rings is 1. The molecule has 3 fully saturated rings. The maximum atomic E-state index is 12.7. The normalized spacial score (nSPS) is 26.9. The second-order valence-electron chi connectivity index (χ2n) is 7.50. The minimum absolute atomic E-state index is 0.213. The molecule has 4 rings (SSSR count). The maximum absolute atomic E-state index is 12.7. The average Bonchev–Trinajstić information content (AvgIpc) is 3.45. The lowest BCUT2D eigenvalue weighted by Crippen LogP contribution is -2.49. The Bertz CT molecular complexity index is 784. The Hall–Kier alpha value is -1.71. The largest absolute Gasteiger partial charge is 0.379 e. The molecule has 27 heavy (non-hydrogen) atoms. The number of hydrogen-bond donors (Lipinski definition) is 0. The molecule has 2 aliphatic heterocycles. The number of pyridine rings is 1. The van der Waals surface area contributed by atoms with Gasteiger partial charge in [0.1, 0.15) is 10.7 Å². The van der Waals surface area contributed by atoms with Crippen LogP contribution in [0.5, 0.6) is 0 Å². The number of sulfonamides is 1. The van der Waals surface area contributed by atoms with E-state index < -0.39 is 10.0 Å². The van der Waals surface area contributed by atoms with Crippen LogP contribution in [-0.2, 0) is 19.6 Å². The number of amides is 1. The van der Waals surface area contributed by atoms with Gasteiger partial charge in [0, 0.05) is 51.4 Å². The molecule has 3 aliphatic rings. The quantitative estimate of drug-likeness (QED) is 0.736. The summed E-state index contributed by atoms with van der Waals surface area (Å²) in [4.78, 5) is 21.0. The van der Waals surface area contributed by atoms with E-state index in [1.54, 1.807) is 12.1 Å². The molecule has 1 amide bonds. The summed E-state index contributed by atoms with van der Waals surface area (Å²) in [5.41, 5.74) is 0. The van der Waals surface area contributed by atoms with E-state index in [9.17, 15) is 13.2 Å². The number of carbonyl (C=O) groups is 1. The Morgan fingerprint density at radius 1 is 1.11 bits per heavy atom. The first-order chi connectivity index (χ1) is 13.0. The first-order valence-corrected chi connectivity index (χ1v) is 11.0. The summed E-state index contributed by atoms with van der Waals surface area (Å²) in [5, 5.41) is 0. The molecule has 0 spiro atoms. The van der Waals surface area contributed by atoms with Crippen molar-refractivity contribution in [2.45, 2.75) is 18.2 Å². The van der Waals surface area contributed by atoms with E-state index >= 15 is 0 Å². The molecule has 9 heteroatoms. The average molecular weight is 394 g/mol. The van der Waals surface area contributed by atoms with Gasteiger partial charge in [-0.1, -0.05) is 6.92 Å². The Morgan fingerprint density at radius 2 is 1.78 bits per heavy atom. The van der Waals surface area contributed by atoms with Gasteiger partial charge in [-0.15, -0.1) is 0 Å². The summed E-state index contributed by atoms with van der Waals surface area (Å²) in [5.74, 6) is 1.78. The number of anilines is 1. The van der Waals surface area contributed by atoms with Crippen LogP contribution in [0.1, 0.15) is 13.3 Å². The van der Waals surface area contributed by atoms with E-state index in [0.717, 1.165) is 25.3 Å². The van der Waals surface area contributed by atoms with E-state index in [1.807, 2.05) is 4.90 Å². The predicted octanol–water partition coefficient (Wildman–Crippen LogP) is 0.407. The number of aromatic nitrogens is 1. The molecule has 1 aromatic rings. The van der Waals surface area contributed by atoms with E-state index in [2.05, 4.69) is 16.8 Å². The number of rotatable bonds is 4. The van der Waals surface area contributed by atoms with Crippen LogP contribution < -0.4 is 4.90 Å². The summed E-state index contributed by atoms with van der Waals surface area (Å²) in [7, 11) is -3.52. The molecular formula is C18H26N4O4S. The Labute approximate surface area is 160 Å². The Balaban J connectivity index is 1.37. The van der Waals surface area contributed by atoms with Crippen LogP contribution in [0.3, 0.4) is 0 Å². The minimum atomic E-state index is -3.52. The van der Waals surface area contributed by atoms with Gasteiger partial charge in [0.15, 0.2) is 0 Å². The summed E-state index contributed by atoms with van der Waals surface area (Å²) >= 11 is 0. The number of ether oxygens (including phenoxy) is 1. The van der Waals surface area contributed by atoms with Crippen molar-refractivity contribution in [2.75, 3.05) is 57.4 Å². The van der Waals surface area contributed by atoms with Crippen LogP contribution in [0, 0.1) is 11.8 Å². The molecule has 0 N–H and O–H groups in total. The van der Waals surface area contributed by atoms with Crippen LogP contribution in [0.4, 0.5) is 5.82 Å². The van der Waals surface area contributed by atoms with Crippen molar-refractivity contribution in [3.05, 3.63) is 18.3 Å². The van der Waals surface area contributed by atoms with Crippen LogP contribution >= 0.6 is 0 Å². The lowest BCUT2D eigenvalue weighted by Gasteiger charge is -2.35. The highest BCUT2D eigenvalue weighted by atomic mass is 32.2. The fourth-order valence-electron chi connectivity index (χ4n) is 3.70. The lowest BCUT2D eigenvalue weighted by molar-refractivity contribution is -0.133. The van der Waals surface area contributed by atoms with Gasteiger partial charge < -0.3 is 14.5 Å². The number of hydrogen-bond acceptors (Lipinski definition) is 6. The first-order valence-electron chi connectivity index (χ1n) is 9.54. The molecule has 1 aliphatic carbocycles. The van der Waals surface area contributed by atoms with Gasteiger partial charge in [-0.25, -0.2) is 13.4 Å². The van der Waals surface area contributed by atoms with Gasteiger partial charge >= 0.3 is 0 Å². The number of carbonyl (C=O) groups excluding carboxylic acids is 1. The number of nitrogens with zero attached hydrogens (tertiary/aromatic N) is 4. The topological polar surface area (TPSA) is 83.1 Å². The zero-order chi connectivity index (χ0) is 19.0. The van der Waals surface area contributed by atoms with Crippen LogP contribution in [0.15, 0.2) is 23.2 Å². The SMILES string of the molecule is C[C@H]1C[C@H]1C(=O)N1CCN(c2ccc(S(=O)(=O)N3CCOCC3)cn2)CC1. The summed E-state index contributed by atoms with van der Waals surface area (Å²) in [6.07, 6.45) is 2.45. The fraction of sp³-hybridized carbons (Fsp3) is 0.667. The van der Waals surface area contributed by atoms with Crippen LogP contribution in [-0.4, -0.2) is 81.0 Å². The van der Waals surface area contributed by atoms with E-state index in [4.69, 9.17) is 4.74 Å². The molecule has 0 radical (unpaired) electrons. The molecule has 1 aromatic heterocycles. The van der Waals surface area contributed by atoms with Gasteiger partial charge in [0.05, 0.1) is 13.2 Å². The van der Waals surface area contributed by atoms with Crippen molar-refractivity contribution in [1.29, 1.82) is 0 Å². The summed E-state index contributed by atoms with van der Waals surface area (Å²) in [6.45, 7) is 6.54. The molecule has 2 atom stereocenters. The molecule has 148 valence electrons. The molecule has 2 saturated heterocycles. The Morgan fingerprint density at radius 3 is 2.33 bits per heavy atom. The molecule has 1 saturated carbocycles. The number of piperazine rings is 1. The second kappa shape index (κ2) is 7.37. The van der Waals surface area contributed by atoms with E-state index in [1.165, 1.54) is 10.5 Å². The monoisotopic (exact) mass is 394 g/mol. The third-order valence-corrected chi connectivity index (χ3v) is 7.55. The molecular weight excluding hydrogens is 368 g/mol. The zero-order valence-corrected chi connectivity index (χ0v) is 16.4. The van der Waals surface area contributed by atoms with Gasteiger partial charge in [0.25, 0.3) is 0 Å². The highest BCUT2D eigenvalue weighted by molar-refractivity contribution is 7.89. The van der Waals surface area contributed by atoms with Gasteiger partial charge in [-0.2, -0.15) is 4.31 Å².